The zero-order chi connectivity index (χ0) is 26.3. The van der Waals surface area contributed by atoms with Gasteiger partial charge < -0.3 is 4.90 Å². The summed E-state index contributed by atoms with van der Waals surface area (Å²) in [5.74, 6) is -0.0313. The second-order valence-electron chi connectivity index (χ2n) is 10.9. The van der Waals surface area contributed by atoms with Crippen molar-refractivity contribution in [1.29, 1.82) is 5.26 Å². The average Bonchev–Trinajstić information content (AvgIpc) is 3.31. The van der Waals surface area contributed by atoms with E-state index in [1.807, 2.05) is 6.07 Å². The molecule has 5 heteroatoms. The van der Waals surface area contributed by atoms with E-state index >= 15 is 0 Å². The van der Waals surface area contributed by atoms with Crippen LogP contribution in [0.2, 0.25) is 0 Å². The van der Waals surface area contributed by atoms with Crippen LogP contribution in [0, 0.1) is 11.3 Å². The summed E-state index contributed by atoms with van der Waals surface area (Å²) in [7, 11) is 0. The van der Waals surface area contributed by atoms with Gasteiger partial charge in [-0.3, -0.25) is 4.79 Å². The molecular formula is C32H33N3OS. The number of allylic oxidation sites excluding steroid dienone is 2. The Kier molecular flexibility index (Phi) is 6.64. The number of ketones is 1. The van der Waals surface area contributed by atoms with Crippen LogP contribution in [0.25, 0.3) is 32.1 Å². The molecule has 188 valence electrons. The number of aromatic nitrogens is 1. The van der Waals surface area contributed by atoms with Gasteiger partial charge in [0.25, 0.3) is 0 Å². The molecule has 0 radical (unpaired) electrons. The molecular weight excluding hydrogens is 474 g/mol. The van der Waals surface area contributed by atoms with Crippen molar-refractivity contribution in [3.63, 3.8) is 0 Å². The highest BCUT2D eigenvalue weighted by atomic mass is 32.1. The highest BCUT2D eigenvalue weighted by molar-refractivity contribution is 7.20. The van der Waals surface area contributed by atoms with Gasteiger partial charge in [-0.25, -0.2) is 4.98 Å². The predicted octanol–water partition coefficient (Wildman–Crippen LogP) is 7.93. The number of Topliss-reactive ketones (excluding diaryl/α,β-unsaturated/α-hetero) is 1. The number of thiazole rings is 1. The highest BCUT2D eigenvalue weighted by Crippen LogP contribution is 2.40. The lowest BCUT2D eigenvalue weighted by molar-refractivity contribution is -0.113. The van der Waals surface area contributed by atoms with Crippen LogP contribution >= 0.6 is 11.3 Å². The number of hydrogen-bond acceptors (Lipinski definition) is 5. The first-order chi connectivity index (χ1) is 17.7. The minimum atomic E-state index is -0.0313. The molecule has 0 saturated heterocycles. The Morgan fingerprint density at radius 1 is 1.08 bits per heavy atom. The second-order valence-corrected chi connectivity index (χ2v) is 11.9. The number of nitriles is 1. The van der Waals surface area contributed by atoms with Crippen molar-refractivity contribution in [2.75, 3.05) is 18.0 Å². The summed E-state index contributed by atoms with van der Waals surface area (Å²) in [4.78, 5) is 20.8. The van der Waals surface area contributed by atoms with Gasteiger partial charge in [0.05, 0.1) is 21.4 Å². The summed E-state index contributed by atoms with van der Waals surface area (Å²) in [6.45, 7) is 12.9. The SMILES string of the molecule is CCCCN(CC)c1ccc2c(c1)CC(=O)C(c1nc3c(ccc4cc(C(C)(C)C)ccc43)s1)=C2C#N. The van der Waals surface area contributed by atoms with Crippen molar-refractivity contribution in [1.82, 2.24) is 4.98 Å². The average molecular weight is 508 g/mol. The molecule has 37 heavy (non-hydrogen) atoms. The van der Waals surface area contributed by atoms with Gasteiger partial charge in [0.1, 0.15) is 11.1 Å². The maximum Gasteiger partial charge on any atom is 0.171 e. The lowest BCUT2D eigenvalue weighted by atomic mass is 9.85. The number of carbonyl (C=O) groups is 1. The number of unbranched alkanes of at least 4 members (excludes halogenated alkanes) is 1. The standard InChI is InChI=1S/C32H33N3OS/c1-6-8-15-35(7-2)23-11-13-24-21(17-23)18-27(36)29(26(24)19-33)31-34-30-25-12-10-22(32(3,4)5)16-20(25)9-14-28(30)37-31/h9-14,16-17H,6-8,15,18H2,1-5H3. The molecule has 5 rings (SSSR count). The van der Waals surface area contributed by atoms with Crippen molar-refractivity contribution in [2.24, 2.45) is 0 Å². The molecule has 0 saturated carbocycles. The van der Waals surface area contributed by atoms with E-state index in [1.54, 1.807) is 0 Å². The van der Waals surface area contributed by atoms with E-state index in [9.17, 15) is 10.1 Å². The van der Waals surface area contributed by atoms with Gasteiger partial charge in [0.15, 0.2) is 5.78 Å². The van der Waals surface area contributed by atoms with Crippen LogP contribution < -0.4 is 4.90 Å². The predicted molar refractivity (Wildman–Crippen MR) is 156 cm³/mol. The van der Waals surface area contributed by atoms with Crippen molar-refractivity contribution >= 4 is 54.9 Å². The summed E-state index contributed by atoms with van der Waals surface area (Å²) >= 11 is 1.50. The Morgan fingerprint density at radius 2 is 1.89 bits per heavy atom. The van der Waals surface area contributed by atoms with E-state index in [0.717, 1.165) is 63.7 Å². The van der Waals surface area contributed by atoms with Crippen LogP contribution in [0.1, 0.15) is 69.2 Å². The van der Waals surface area contributed by atoms with Gasteiger partial charge >= 0.3 is 0 Å². The van der Waals surface area contributed by atoms with Crippen LogP contribution in [-0.2, 0) is 16.6 Å². The van der Waals surface area contributed by atoms with Crippen LogP contribution in [0.5, 0.6) is 0 Å². The van der Waals surface area contributed by atoms with E-state index < -0.39 is 0 Å². The van der Waals surface area contributed by atoms with Crippen molar-refractivity contribution in [3.05, 3.63) is 70.2 Å². The molecule has 0 bridgehead atoms. The number of benzene rings is 3. The first kappa shape index (κ1) is 25.2. The van der Waals surface area contributed by atoms with E-state index in [4.69, 9.17) is 4.98 Å². The van der Waals surface area contributed by atoms with Crippen molar-refractivity contribution in [3.8, 4) is 6.07 Å². The second kappa shape index (κ2) is 9.76. The molecule has 1 aliphatic rings. The molecule has 0 fully saturated rings. The topological polar surface area (TPSA) is 57.0 Å². The summed E-state index contributed by atoms with van der Waals surface area (Å²) in [6.07, 6.45) is 2.56. The van der Waals surface area contributed by atoms with Gasteiger partial charge in [0.2, 0.25) is 0 Å². The molecule has 1 aliphatic carbocycles. The van der Waals surface area contributed by atoms with Crippen LogP contribution in [-0.4, -0.2) is 23.9 Å². The Hall–Kier alpha value is -3.49. The zero-order valence-corrected chi connectivity index (χ0v) is 23.1. The first-order valence-electron chi connectivity index (χ1n) is 13.1. The maximum atomic E-state index is 13.5. The monoisotopic (exact) mass is 507 g/mol. The molecule has 3 aromatic carbocycles. The van der Waals surface area contributed by atoms with Crippen molar-refractivity contribution < 1.29 is 4.79 Å². The third kappa shape index (κ3) is 4.55. The molecule has 1 aromatic heterocycles. The van der Waals surface area contributed by atoms with E-state index in [2.05, 4.69) is 88.1 Å². The summed E-state index contributed by atoms with van der Waals surface area (Å²) in [5.41, 5.74) is 6.03. The smallest absolute Gasteiger partial charge is 0.171 e. The molecule has 4 nitrogen and oxygen atoms in total. The molecule has 0 spiro atoms. The molecule has 1 heterocycles. The lowest BCUT2D eigenvalue weighted by Gasteiger charge is -2.25. The minimum Gasteiger partial charge on any atom is -0.372 e. The third-order valence-corrected chi connectivity index (χ3v) is 8.37. The van der Waals surface area contributed by atoms with E-state index in [-0.39, 0.29) is 11.2 Å². The molecule has 4 aromatic rings. The molecule has 0 unspecified atom stereocenters. The number of anilines is 1. The fourth-order valence-corrected chi connectivity index (χ4v) is 6.21. The van der Waals surface area contributed by atoms with E-state index in [0.29, 0.717) is 22.6 Å². The number of carbonyl (C=O) groups excluding carboxylic acids is 1. The van der Waals surface area contributed by atoms with Crippen LogP contribution in [0.4, 0.5) is 5.69 Å². The first-order valence-corrected chi connectivity index (χ1v) is 14.0. The summed E-state index contributed by atoms with van der Waals surface area (Å²) in [5, 5.41) is 13.0. The van der Waals surface area contributed by atoms with Crippen molar-refractivity contribution in [2.45, 2.75) is 59.3 Å². The zero-order valence-electron chi connectivity index (χ0n) is 22.3. The third-order valence-electron chi connectivity index (χ3n) is 7.33. The van der Waals surface area contributed by atoms with Crippen LogP contribution in [0.3, 0.4) is 0 Å². The molecule has 0 atom stereocenters. The normalized spacial score (nSPS) is 13.8. The maximum absolute atomic E-state index is 13.5. The number of fused-ring (bicyclic) bond motifs is 4. The summed E-state index contributed by atoms with van der Waals surface area (Å²) in [6, 6.07) is 19.3. The molecule has 0 aliphatic heterocycles. The van der Waals surface area contributed by atoms with Gasteiger partial charge in [-0.2, -0.15) is 5.26 Å². The highest BCUT2D eigenvalue weighted by Gasteiger charge is 2.29. The fourth-order valence-electron chi connectivity index (χ4n) is 5.16. The van der Waals surface area contributed by atoms with Gasteiger partial charge in [-0.1, -0.05) is 64.4 Å². The number of hydrogen-bond donors (Lipinski definition) is 0. The number of rotatable bonds is 6. The summed E-state index contributed by atoms with van der Waals surface area (Å²) < 4.78 is 1.03. The number of nitrogens with zero attached hydrogens (tertiary/aromatic N) is 3. The Labute approximate surface area is 223 Å². The molecule has 0 amide bonds. The molecule has 0 N–H and O–H groups in total. The Morgan fingerprint density at radius 3 is 2.59 bits per heavy atom. The van der Waals surface area contributed by atoms with Crippen LogP contribution in [0.15, 0.2) is 48.5 Å². The lowest BCUT2D eigenvalue weighted by Crippen LogP contribution is -2.24. The van der Waals surface area contributed by atoms with Gasteiger partial charge in [-0.15, -0.1) is 11.3 Å². The van der Waals surface area contributed by atoms with E-state index in [1.165, 1.54) is 16.9 Å². The van der Waals surface area contributed by atoms with Gasteiger partial charge in [-0.05, 0) is 59.0 Å². The van der Waals surface area contributed by atoms with Gasteiger partial charge in [0, 0.05) is 30.6 Å². The fraction of sp³-hybridized carbons (Fsp3) is 0.344. The Balaban J connectivity index is 1.61. The minimum absolute atomic E-state index is 0.0313. The largest absolute Gasteiger partial charge is 0.372 e. The Bertz CT molecular complexity index is 1600. The quantitative estimate of drug-likeness (QED) is 0.266.